The lowest BCUT2D eigenvalue weighted by Crippen LogP contribution is -2.41. The Balaban J connectivity index is 2.34. The van der Waals surface area contributed by atoms with Crippen molar-refractivity contribution in [2.75, 3.05) is 32.9 Å². The third-order valence-electron chi connectivity index (χ3n) is 4.49. The van der Waals surface area contributed by atoms with Gasteiger partial charge in [0.1, 0.15) is 0 Å². The molecule has 0 heterocycles. The predicted octanol–water partition coefficient (Wildman–Crippen LogP) is 2.31. The van der Waals surface area contributed by atoms with E-state index in [9.17, 15) is 8.42 Å². The van der Waals surface area contributed by atoms with Gasteiger partial charge in [-0.15, -0.1) is 0 Å². The van der Waals surface area contributed by atoms with Gasteiger partial charge in [0, 0.05) is 45.0 Å². The number of sulfone groups is 1. The molecule has 0 aliphatic carbocycles. The second-order valence-electron chi connectivity index (χ2n) is 7.37. The summed E-state index contributed by atoms with van der Waals surface area (Å²) in [6.45, 7) is 11.6. The summed E-state index contributed by atoms with van der Waals surface area (Å²) < 4.78 is 23.0. The molecule has 0 amide bonds. The molecule has 0 bridgehead atoms. The van der Waals surface area contributed by atoms with Crippen molar-refractivity contribution in [3.63, 3.8) is 0 Å². The highest BCUT2D eigenvalue weighted by Gasteiger charge is 2.12. The molecule has 0 saturated heterocycles. The summed E-state index contributed by atoms with van der Waals surface area (Å²) >= 11 is 0. The zero-order valence-corrected chi connectivity index (χ0v) is 18.4. The number of rotatable bonds is 10. The van der Waals surface area contributed by atoms with E-state index in [0.717, 1.165) is 44.0 Å². The van der Waals surface area contributed by atoms with Crippen LogP contribution in [0.5, 0.6) is 0 Å². The first-order chi connectivity index (χ1) is 12.6. The number of benzene rings is 1. The minimum atomic E-state index is -3.14. The first-order valence-corrected chi connectivity index (χ1v) is 11.5. The predicted molar refractivity (Wildman–Crippen MR) is 114 cm³/mol. The van der Waals surface area contributed by atoms with Crippen LogP contribution in [0.4, 0.5) is 0 Å². The van der Waals surface area contributed by atoms with Crippen LogP contribution in [0.3, 0.4) is 0 Å². The van der Waals surface area contributed by atoms with E-state index in [1.54, 1.807) is 19.2 Å². The van der Waals surface area contributed by atoms with Gasteiger partial charge < -0.3 is 10.6 Å². The molecule has 0 atom stereocenters. The fourth-order valence-corrected chi connectivity index (χ4v) is 3.66. The topological polar surface area (TPSA) is 73.8 Å². The van der Waals surface area contributed by atoms with Crippen LogP contribution in [-0.2, 0) is 16.3 Å². The Labute approximate surface area is 165 Å². The van der Waals surface area contributed by atoms with Crippen molar-refractivity contribution in [3.8, 4) is 0 Å². The Morgan fingerprint density at radius 3 is 2.07 bits per heavy atom. The Bertz CT molecular complexity index is 674. The zero-order valence-electron chi connectivity index (χ0n) is 17.6. The molecule has 0 unspecified atom stereocenters. The van der Waals surface area contributed by atoms with Crippen molar-refractivity contribution in [2.24, 2.45) is 4.99 Å². The van der Waals surface area contributed by atoms with E-state index in [-0.39, 0.29) is 0 Å². The molecule has 27 heavy (non-hydrogen) atoms. The lowest BCUT2D eigenvalue weighted by molar-refractivity contribution is 0.173. The van der Waals surface area contributed by atoms with E-state index >= 15 is 0 Å². The lowest BCUT2D eigenvalue weighted by Gasteiger charge is -2.30. The van der Waals surface area contributed by atoms with Crippen molar-refractivity contribution >= 4 is 15.8 Å². The normalized spacial score (nSPS) is 12.9. The Hall–Kier alpha value is -1.60. The molecule has 6 nitrogen and oxygen atoms in total. The SMILES string of the molecule is CN=C(NCCCN(C(C)C)C(C)C)NCCc1ccc(S(C)(=O)=O)cc1. The zero-order chi connectivity index (χ0) is 20.4. The standard InChI is InChI=1S/C20H36N4O2S/c1-16(2)24(17(3)4)15-7-13-22-20(21-5)23-14-12-18-8-10-19(11-9-18)27(6,25)26/h8-11,16-17H,7,12-15H2,1-6H3,(H2,21,22,23). The maximum atomic E-state index is 11.5. The smallest absolute Gasteiger partial charge is 0.190 e. The summed E-state index contributed by atoms with van der Waals surface area (Å²) in [5, 5.41) is 6.65. The van der Waals surface area contributed by atoms with Gasteiger partial charge in [-0.3, -0.25) is 9.89 Å². The van der Waals surface area contributed by atoms with Crippen molar-refractivity contribution in [1.82, 2.24) is 15.5 Å². The summed E-state index contributed by atoms with van der Waals surface area (Å²) in [6.07, 6.45) is 3.09. The van der Waals surface area contributed by atoms with E-state index in [0.29, 0.717) is 17.0 Å². The minimum Gasteiger partial charge on any atom is -0.356 e. The summed E-state index contributed by atoms with van der Waals surface area (Å²) in [5.41, 5.74) is 1.09. The van der Waals surface area contributed by atoms with Crippen molar-refractivity contribution in [2.45, 2.75) is 57.5 Å². The van der Waals surface area contributed by atoms with Gasteiger partial charge in [-0.25, -0.2) is 8.42 Å². The molecule has 154 valence electrons. The third kappa shape index (κ3) is 8.75. The maximum absolute atomic E-state index is 11.5. The van der Waals surface area contributed by atoms with Crippen LogP contribution in [0.15, 0.2) is 34.2 Å². The van der Waals surface area contributed by atoms with Gasteiger partial charge >= 0.3 is 0 Å². The van der Waals surface area contributed by atoms with E-state index in [1.807, 2.05) is 12.1 Å². The number of nitrogens with one attached hydrogen (secondary N) is 2. The Morgan fingerprint density at radius 2 is 1.59 bits per heavy atom. The summed E-state index contributed by atoms with van der Waals surface area (Å²) in [5.74, 6) is 0.795. The highest BCUT2D eigenvalue weighted by molar-refractivity contribution is 7.90. The van der Waals surface area contributed by atoms with Crippen molar-refractivity contribution < 1.29 is 8.42 Å². The minimum absolute atomic E-state index is 0.355. The molecule has 0 saturated carbocycles. The molecular weight excluding hydrogens is 360 g/mol. The maximum Gasteiger partial charge on any atom is 0.190 e. The van der Waals surface area contributed by atoms with Gasteiger partial charge in [0.05, 0.1) is 4.90 Å². The van der Waals surface area contributed by atoms with E-state index in [4.69, 9.17) is 0 Å². The van der Waals surface area contributed by atoms with Crippen LogP contribution in [0.1, 0.15) is 39.7 Å². The lowest BCUT2D eigenvalue weighted by atomic mass is 10.1. The molecule has 2 N–H and O–H groups in total. The molecule has 7 heteroatoms. The van der Waals surface area contributed by atoms with Crippen molar-refractivity contribution in [3.05, 3.63) is 29.8 Å². The molecule has 0 aliphatic rings. The molecule has 0 fully saturated rings. The van der Waals surface area contributed by atoms with Crippen molar-refractivity contribution in [1.29, 1.82) is 0 Å². The highest BCUT2D eigenvalue weighted by Crippen LogP contribution is 2.10. The molecule has 1 aromatic rings. The van der Waals surface area contributed by atoms with Crippen LogP contribution < -0.4 is 10.6 Å². The number of guanidine groups is 1. The molecular formula is C20H36N4O2S. The largest absolute Gasteiger partial charge is 0.356 e. The second kappa shape index (κ2) is 11.3. The molecule has 0 aromatic heterocycles. The molecule has 0 aliphatic heterocycles. The van der Waals surface area contributed by atoms with Gasteiger partial charge in [-0.05, 0) is 58.2 Å². The first-order valence-electron chi connectivity index (χ1n) is 9.64. The number of nitrogens with zero attached hydrogens (tertiary/aromatic N) is 2. The first kappa shape index (κ1) is 23.4. The Morgan fingerprint density at radius 1 is 1.04 bits per heavy atom. The van der Waals surface area contributed by atoms with Crippen LogP contribution in [-0.4, -0.2) is 64.3 Å². The van der Waals surface area contributed by atoms with E-state index in [1.165, 1.54) is 6.26 Å². The van der Waals surface area contributed by atoms with Crippen LogP contribution in [0, 0.1) is 0 Å². The van der Waals surface area contributed by atoms with Gasteiger partial charge in [0.2, 0.25) is 0 Å². The monoisotopic (exact) mass is 396 g/mol. The van der Waals surface area contributed by atoms with Gasteiger partial charge in [0.25, 0.3) is 0 Å². The highest BCUT2D eigenvalue weighted by atomic mass is 32.2. The number of aliphatic imine (C=N–C) groups is 1. The summed E-state index contributed by atoms with van der Waals surface area (Å²) in [7, 11) is -1.37. The van der Waals surface area contributed by atoms with Gasteiger partial charge in [0.15, 0.2) is 15.8 Å². The van der Waals surface area contributed by atoms with Crippen LogP contribution in [0.2, 0.25) is 0 Å². The van der Waals surface area contributed by atoms with E-state index in [2.05, 4.69) is 48.2 Å². The fraction of sp³-hybridized carbons (Fsp3) is 0.650. The average Bonchev–Trinajstić information content (AvgIpc) is 2.59. The molecule has 0 radical (unpaired) electrons. The summed E-state index contributed by atoms with van der Waals surface area (Å²) in [6, 6.07) is 8.15. The second-order valence-corrected chi connectivity index (χ2v) is 9.39. The molecule has 1 rings (SSSR count). The Kier molecular flexibility index (Phi) is 9.80. The van der Waals surface area contributed by atoms with Gasteiger partial charge in [-0.1, -0.05) is 12.1 Å². The quantitative estimate of drug-likeness (QED) is 0.361. The van der Waals surface area contributed by atoms with Gasteiger partial charge in [-0.2, -0.15) is 0 Å². The number of hydrogen-bond donors (Lipinski definition) is 2. The average molecular weight is 397 g/mol. The summed E-state index contributed by atoms with van der Waals surface area (Å²) in [4.78, 5) is 7.09. The molecule has 0 spiro atoms. The molecule has 1 aromatic carbocycles. The fourth-order valence-electron chi connectivity index (χ4n) is 3.03. The van der Waals surface area contributed by atoms with Crippen LogP contribution in [0.25, 0.3) is 0 Å². The number of hydrogen-bond acceptors (Lipinski definition) is 4. The van der Waals surface area contributed by atoms with E-state index < -0.39 is 9.84 Å². The third-order valence-corrected chi connectivity index (χ3v) is 5.62. The van der Waals surface area contributed by atoms with Crippen LogP contribution >= 0.6 is 0 Å².